The summed E-state index contributed by atoms with van der Waals surface area (Å²) < 4.78 is 69.6. The Morgan fingerprint density at radius 1 is 1.07 bits per heavy atom. The molecule has 1 unspecified atom stereocenters. The van der Waals surface area contributed by atoms with Crippen LogP contribution < -0.4 is 20.1 Å². The van der Waals surface area contributed by atoms with Gasteiger partial charge in [0, 0.05) is 29.8 Å². The SMILES string of the molecule is COc1cc(C(=O)NCC(C)(c2cc(C(C)(C)NCCO)cc(-c3ccc(F)c(Cl)c3)n2)C(F)(F)F)ccc1OC1CC1. The lowest BCUT2D eigenvalue weighted by Crippen LogP contribution is -2.49. The van der Waals surface area contributed by atoms with Gasteiger partial charge in [-0.2, -0.15) is 13.2 Å². The van der Waals surface area contributed by atoms with Gasteiger partial charge >= 0.3 is 6.18 Å². The molecule has 0 aliphatic heterocycles. The predicted octanol–water partition coefficient (Wildman–Crippen LogP) is 6.16. The molecule has 12 heteroatoms. The van der Waals surface area contributed by atoms with Gasteiger partial charge in [0.25, 0.3) is 5.91 Å². The van der Waals surface area contributed by atoms with Gasteiger partial charge < -0.3 is 25.2 Å². The maximum absolute atomic E-state index is 14.9. The third kappa shape index (κ3) is 7.39. The summed E-state index contributed by atoms with van der Waals surface area (Å²) in [6, 6.07) is 11.1. The van der Waals surface area contributed by atoms with Gasteiger partial charge in [0.15, 0.2) is 11.5 Å². The fraction of sp³-hybridized carbons (Fsp3) is 0.419. The second-order valence-corrected chi connectivity index (χ2v) is 11.6. The van der Waals surface area contributed by atoms with Gasteiger partial charge in [0.05, 0.1) is 36.2 Å². The second kappa shape index (κ2) is 12.7. The molecule has 1 heterocycles. The van der Waals surface area contributed by atoms with E-state index in [1.54, 1.807) is 26.0 Å². The van der Waals surface area contributed by atoms with E-state index in [1.807, 2.05) is 0 Å². The molecule has 1 fully saturated rings. The van der Waals surface area contributed by atoms with Crippen molar-refractivity contribution in [2.45, 2.75) is 56.8 Å². The molecule has 0 bridgehead atoms. The average molecular weight is 624 g/mol. The van der Waals surface area contributed by atoms with Gasteiger partial charge in [0.1, 0.15) is 11.2 Å². The van der Waals surface area contributed by atoms with Crippen molar-refractivity contribution in [1.82, 2.24) is 15.6 Å². The maximum Gasteiger partial charge on any atom is 0.401 e. The number of nitrogens with one attached hydrogen (secondary N) is 2. The van der Waals surface area contributed by atoms with E-state index < -0.39 is 35.4 Å². The van der Waals surface area contributed by atoms with Gasteiger partial charge in [-0.1, -0.05) is 11.6 Å². The number of nitrogens with zero attached hydrogens (tertiary/aromatic N) is 1. The molecule has 43 heavy (non-hydrogen) atoms. The van der Waals surface area contributed by atoms with Crippen molar-refractivity contribution in [2.24, 2.45) is 0 Å². The van der Waals surface area contributed by atoms with Crippen LogP contribution in [-0.2, 0) is 11.0 Å². The van der Waals surface area contributed by atoms with Crippen molar-refractivity contribution in [3.63, 3.8) is 0 Å². The number of carbonyl (C=O) groups excluding carboxylic acids is 1. The summed E-state index contributed by atoms with van der Waals surface area (Å²) in [6.07, 6.45) is -2.92. The number of alkyl halides is 3. The predicted molar refractivity (Wildman–Crippen MR) is 155 cm³/mol. The average Bonchev–Trinajstić information content (AvgIpc) is 3.79. The molecule has 0 spiro atoms. The fourth-order valence-corrected chi connectivity index (χ4v) is 4.60. The number of hydrogen-bond donors (Lipinski definition) is 3. The number of aromatic nitrogens is 1. The minimum Gasteiger partial charge on any atom is -0.493 e. The van der Waals surface area contributed by atoms with E-state index in [0.29, 0.717) is 22.6 Å². The summed E-state index contributed by atoms with van der Waals surface area (Å²) >= 11 is 5.98. The Kier molecular flexibility index (Phi) is 9.58. The van der Waals surface area contributed by atoms with Crippen molar-refractivity contribution >= 4 is 17.5 Å². The minimum atomic E-state index is -4.84. The summed E-state index contributed by atoms with van der Waals surface area (Å²) in [5, 5.41) is 14.7. The number of methoxy groups -OCH3 is 1. The highest BCUT2D eigenvalue weighted by Crippen LogP contribution is 2.42. The van der Waals surface area contributed by atoms with Gasteiger partial charge in [-0.3, -0.25) is 9.78 Å². The number of aliphatic hydroxyl groups is 1. The molecule has 0 radical (unpaired) electrons. The van der Waals surface area contributed by atoms with Crippen LogP contribution in [0.3, 0.4) is 0 Å². The van der Waals surface area contributed by atoms with E-state index in [4.69, 9.17) is 21.1 Å². The Hall–Kier alpha value is -3.41. The summed E-state index contributed by atoms with van der Waals surface area (Å²) in [7, 11) is 1.42. The highest BCUT2D eigenvalue weighted by Gasteiger charge is 2.54. The standard InChI is InChI=1S/C31H34ClF4N3O4/c1-29(2,38-11-12-40)20-15-24(18-5-9-23(33)22(32)13-18)39-27(16-20)30(3,31(34,35)36)17-37-28(41)19-6-10-25(26(14-19)42-4)43-21-7-8-21/h5-6,9-10,13-16,21,38,40H,7-8,11-12,17H2,1-4H3,(H,37,41). The van der Waals surface area contributed by atoms with Crippen molar-refractivity contribution in [1.29, 1.82) is 0 Å². The van der Waals surface area contributed by atoms with E-state index in [9.17, 15) is 27.5 Å². The molecule has 4 rings (SSSR count). The Bertz CT molecular complexity index is 1480. The molecular weight excluding hydrogens is 590 g/mol. The molecule has 1 aliphatic rings. The highest BCUT2D eigenvalue weighted by molar-refractivity contribution is 6.31. The van der Waals surface area contributed by atoms with Crippen LogP contribution in [-0.4, -0.2) is 55.1 Å². The van der Waals surface area contributed by atoms with Crippen molar-refractivity contribution in [2.75, 3.05) is 26.8 Å². The van der Waals surface area contributed by atoms with E-state index in [0.717, 1.165) is 25.8 Å². The largest absolute Gasteiger partial charge is 0.493 e. The van der Waals surface area contributed by atoms with Crippen LogP contribution in [0.1, 0.15) is 55.2 Å². The number of carbonyl (C=O) groups is 1. The Morgan fingerprint density at radius 3 is 2.40 bits per heavy atom. The number of hydrogen-bond acceptors (Lipinski definition) is 6. The Balaban J connectivity index is 1.72. The van der Waals surface area contributed by atoms with Gasteiger partial charge in [0.2, 0.25) is 0 Å². The smallest absolute Gasteiger partial charge is 0.401 e. The fourth-order valence-electron chi connectivity index (χ4n) is 4.41. The molecule has 1 aliphatic carbocycles. The van der Waals surface area contributed by atoms with Gasteiger partial charge in [-0.15, -0.1) is 0 Å². The summed E-state index contributed by atoms with van der Waals surface area (Å²) in [6.45, 7) is 3.62. The number of benzene rings is 2. The zero-order valence-corrected chi connectivity index (χ0v) is 25.0. The molecule has 1 amide bonds. The maximum atomic E-state index is 14.9. The van der Waals surface area contributed by atoms with Crippen LogP contribution >= 0.6 is 11.6 Å². The zero-order valence-electron chi connectivity index (χ0n) is 24.2. The zero-order chi connectivity index (χ0) is 31.6. The molecule has 7 nitrogen and oxygen atoms in total. The first kappa shape index (κ1) is 32.5. The number of halogens is 5. The van der Waals surface area contributed by atoms with Gasteiger partial charge in [-0.25, -0.2) is 4.39 Å². The number of rotatable bonds is 12. The first-order chi connectivity index (χ1) is 20.2. The molecule has 0 saturated heterocycles. The molecular formula is C31H34ClF4N3O4. The first-order valence-electron chi connectivity index (χ1n) is 13.7. The van der Waals surface area contributed by atoms with Crippen LogP contribution in [0.4, 0.5) is 17.6 Å². The Morgan fingerprint density at radius 2 is 1.79 bits per heavy atom. The van der Waals surface area contributed by atoms with Crippen LogP contribution in [0, 0.1) is 5.82 Å². The third-order valence-corrected chi connectivity index (χ3v) is 7.77. The third-order valence-electron chi connectivity index (χ3n) is 7.48. The van der Waals surface area contributed by atoms with E-state index >= 15 is 0 Å². The molecule has 3 N–H and O–H groups in total. The summed E-state index contributed by atoms with van der Waals surface area (Å²) in [5.41, 5.74) is -2.93. The monoisotopic (exact) mass is 623 g/mol. The van der Waals surface area contributed by atoms with Crippen molar-refractivity contribution < 1.29 is 36.9 Å². The van der Waals surface area contributed by atoms with Crippen LogP contribution in [0.5, 0.6) is 11.5 Å². The van der Waals surface area contributed by atoms with Gasteiger partial charge in [-0.05, 0) is 87.7 Å². The number of pyridine rings is 1. The van der Waals surface area contributed by atoms with E-state index in [2.05, 4.69) is 15.6 Å². The minimum absolute atomic E-state index is 0.0870. The summed E-state index contributed by atoms with van der Waals surface area (Å²) in [5.74, 6) is -0.669. The van der Waals surface area contributed by atoms with Crippen molar-refractivity contribution in [3.8, 4) is 22.8 Å². The second-order valence-electron chi connectivity index (χ2n) is 11.2. The molecule has 232 valence electrons. The highest BCUT2D eigenvalue weighted by atomic mass is 35.5. The lowest BCUT2D eigenvalue weighted by atomic mass is 9.82. The molecule has 3 aromatic rings. The number of ether oxygens (including phenoxy) is 2. The van der Waals surface area contributed by atoms with Crippen LogP contribution in [0.25, 0.3) is 11.3 Å². The molecule has 1 saturated carbocycles. The normalized spacial score (nSPS) is 15.1. The quantitative estimate of drug-likeness (QED) is 0.209. The number of amides is 1. The van der Waals surface area contributed by atoms with E-state index in [1.165, 1.54) is 37.4 Å². The van der Waals surface area contributed by atoms with Crippen LogP contribution in [0.2, 0.25) is 5.02 Å². The van der Waals surface area contributed by atoms with Crippen molar-refractivity contribution in [3.05, 3.63) is 76.2 Å². The molecule has 1 atom stereocenters. The lowest BCUT2D eigenvalue weighted by Gasteiger charge is -2.34. The van der Waals surface area contributed by atoms with E-state index in [-0.39, 0.29) is 41.2 Å². The molecule has 2 aromatic carbocycles. The molecule has 1 aromatic heterocycles. The summed E-state index contributed by atoms with van der Waals surface area (Å²) in [4.78, 5) is 17.5. The van der Waals surface area contributed by atoms with Crippen LogP contribution in [0.15, 0.2) is 48.5 Å². The Labute approximate surface area is 252 Å². The number of aliphatic hydroxyl groups excluding tert-OH is 1. The first-order valence-corrected chi connectivity index (χ1v) is 14.1. The lowest BCUT2D eigenvalue weighted by molar-refractivity contribution is -0.184. The topological polar surface area (TPSA) is 92.7 Å².